The van der Waals surface area contributed by atoms with Crippen molar-refractivity contribution < 1.29 is 4.43 Å². The molecule has 0 saturated heterocycles. The molecule has 9 heavy (non-hydrogen) atoms. The van der Waals surface area contributed by atoms with Crippen molar-refractivity contribution in [3.8, 4) is 0 Å². The van der Waals surface area contributed by atoms with Crippen LogP contribution in [0.4, 0.5) is 0 Å². The Kier molecular flexibility index (Phi) is 5.63. The molecular formula is C6H16OSSi. The minimum Gasteiger partial charge on any atom is -0.418 e. The Bertz CT molecular complexity index is 68.1. The van der Waals surface area contributed by atoms with E-state index in [1.54, 1.807) is 0 Å². The minimum absolute atomic E-state index is 0.425. The van der Waals surface area contributed by atoms with Crippen LogP contribution in [-0.4, -0.2) is 20.9 Å². The molecule has 0 bridgehead atoms. The van der Waals surface area contributed by atoms with Crippen LogP contribution in [0.3, 0.4) is 0 Å². The molecule has 1 unspecified atom stereocenters. The largest absolute Gasteiger partial charge is 0.418 e. The Hall–Kier alpha value is 0.527. The van der Waals surface area contributed by atoms with Gasteiger partial charge in [-0.25, -0.2) is 0 Å². The molecule has 0 aliphatic carbocycles. The van der Waals surface area contributed by atoms with E-state index in [1.165, 1.54) is 0 Å². The van der Waals surface area contributed by atoms with Gasteiger partial charge in [-0.3, -0.25) is 0 Å². The highest BCUT2D eigenvalue weighted by molar-refractivity contribution is 7.80. The van der Waals surface area contributed by atoms with Crippen LogP contribution in [0.1, 0.15) is 13.3 Å². The fraction of sp³-hybridized carbons (Fsp3) is 1.00. The maximum atomic E-state index is 5.58. The van der Waals surface area contributed by atoms with Gasteiger partial charge in [0.25, 0.3) is 0 Å². The molecule has 0 aromatic carbocycles. The lowest BCUT2D eigenvalue weighted by Gasteiger charge is -2.13. The van der Waals surface area contributed by atoms with Crippen LogP contribution < -0.4 is 0 Å². The highest BCUT2D eigenvalue weighted by Crippen LogP contribution is 2.00. The summed E-state index contributed by atoms with van der Waals surface area (Å²) in [5, 5.41) is 0. The van der Waals surface area contributed by atoms with Gasteiger partial charge in [0.1, 0.15) is 0 Å². The van der Waals surface area contributed by atoms with Crippen LogP contribution in [0.2, 0.25) is 13.1 Å². The Balaban J connectivity index is 3.15. The third-order valence-corrected chi connectivity index (χ3v) is 2.31. The first-order valence-electron chi connectivity index (χ1n) is 3.43. The summed E-state index contributed by atoms with van der Waals surface area (Å²) in [6.07, 6.45) is 1.50. The molecule has 1 nitrogen and oxygen atoms in total. The van der Waals surface area contributed by atoms with Gasteiger partial charge in [0.2, 0.25) is 0 Å². The fourth-order valence-electron chi connectivity index (χ4n) is 0.714. The standard InChI is InChI=1S/C6H16OSSi/c1-6(4-5-8)7-9(2)3/h6,8-9H,4-5H2,1-3H3. The van der Waals surface area contributed by atoms with Crippen LogP contribution in [0.5, 0.6) is 0 Å². The van der Waals surface area contributed by atoms with Crippen molar-refractivity contribution in [2.75, 3.05) is 5.75 Å². The lowest BCUT2D eigenvalue weighted by atomic mass is 10.3. The summed E-state index contributed by atoms with van der Waals surface area (Å²) in [6.45, 7) is 6.49. The molecule has 0 heterocycles. The maximum absolute atomic E-state index is 5.58. The van der Waals surface area contributed by atoms with Crippen molar-refractivity contribution in [1.82, 2.24) is 0 Å². The molecule has 0 aliphatic rings. The molecule has 0 rings (SSSR count). The summed E-state index contributed by atoms with van der Waals surface area (Å²) in [4.78, 5) is 0. The number of rotatable bonds is 4. The predicted octanol–water partition coefficient (Wildman–Crippen LogP) is 1.69. The van der Waals surface area contributed by atoms with E-state index in [9.17, 15) is 0 Å². The first-order valence-corrected chi connectivity index (χ1v) is 6.84. The zero-order valence-corrected chi connectivity index (χ0v) is 8.47. The van der Waals surface area contributed by atoms with E-state index in [2.05, 4.69) is 32.6 Å². The van der Waals surface area contributed by atoms with Crippen LogP contribution >= 0.6 is 12.6 Å². The van der Waals surface area contributed by atoms with E-state index in [0.29, 0.717) is 6.10 Å². The predicted molar refractivity (Wildman–Crippen MR) is 47.9 cm³/mol. The average molecular weight is 164 g/mol. The second-order valence-corrected chi connectivity index (χ2v) is 5.32. The molecule has 56 valence electrons. The van der Waals surface area contributed by atoms with Crippen LogP contribution in [-0.2, 0) is 4.43 Å². The monoisotopic (exact) mass is 164 g/mol. The highest BCUT2D eigenvalue weighted by atomic mass is 32.1. The third-order valence-electron chi connectivity index (χ3n) is 1.04. The summed E-state index contributed by atoms with van der Waals surface area (Å²) in [5.41, 5.74) is 0. The lowest BCUT2D eigenvalue weighted by molar-refractivity contribution is 0.223. The van der Waals surface area contributed by atoms with Gasteiger partial charge < -0.3 is 4.43 Å². The first kappa shape index (κ1) is 9.53. The van der Waals surface area contributed by atoms with E-state index < -0.39 is 9.04 Å². The van der Waals surface area contributed by atoms with Gasteiger partial charge in [-0.15, -0.1) is 0 Å². The second-order valence-electron chi connectivity index (χ2n) is 2.51. The van der Waals surface area contributed by atoms with Crippen LogP contribution in [0.25, 0.3) is 0 Å². The van der Waals surface area contributed by atoms with Gasteiger partial charge in [0.15, 0.2) is 9.04 Å². The lowest BCUT2D eigenvalue weighted by Crippen LogP contribution is -2.17. The Morgan fingerprint density at radius 1 is 1.56 bits per heavy atom. The van der Waals surface area contributed by atoms with E-state index in [4.69, 9.17) is 4.43 Å². The van der Waals surface area contributed by atoms with Gasteiger partial charge in [-0.05, 0) is 32.2 Å². The highest BCUT2D eigenvalue weighted by Gasteiger charge is 2.02. The van der Waals surface area contributed by atoms with Crippen molar-refractivity contribution in [2.24, 2.45) is 0 Å². The maximum Gasteiger partial charge on any atom is 0.171 e. The molecule has 0 amide bonds. The molecule has 0 spiro atoms. The van der Waals surface area contributed by atoms with Crippen molar-refractivity contribution in [3.63, 3.8) is 0 Å². The SMILES string of the molecule is CC(CCS)O[SiH](C)C. The summed E-state index contributed by atoms with van der Waals surface area (Å²) in [5.74, 6) is 0.933. The van der Waals surface area contributed by atoms with E-state index in [0.717, 1.165) is 12.2 Å². The van der Waals surface area contributed by atoms with Crippen LogP contribution in [0, 0.1) is 0 Å². The zero-order chi connectivity index (χ0) is 7.28. The molecular weight excluding hydrogens is 148 g/mol. The molecule has 0 fully saturated rings. The van der Waals surface area contributed by atoms with Gasteiger partial charge in [-0.1, -0.05) is 0 Å². The minimum atomic E-state index is -0.794. The summed E-state index contributed by atoms with van der Waals surface area (Å²) < 4.78 is 5.58. The third kappa shape index (κ3) is 6.41. The molecule has 0 aromatic rings. The van der Waals surface area contributed by atoms with Crippen molar-refractivity contribution >= 4 is 21.7 Å². The molecule has 0 saturated carbocycles. The van der Waals surface area contributed by atoms with Crippen LogP contribution in [0.15, 0.2) is 0 Å². The summed E-state index contributed by atoms with van der Waals surface area (Å²) in [7, 11) is -0.794. The molecule has 0 N–H and O–H groups in total. The topological polar surface area (TPSA) is 9.23 Å². The smallest absolute Gasteiger partial charge is 0.171 e. The molecule has 3 heteroatoms. The van der Waals surface area contributed by atoms with Crippen molar-refractivity contribution in [1.29, 1.82) is 0 Å². The number of hydrogen-bond acceptors (Lipinski definition) is 2. The van der Waals surface area contributed by atoms with E-state index in [1.807, 2.05) is 0 Å². The van der Waals surface area contributed by atoms with E-state index >= 15 is 0 Å². The number of thiol groups is 1. The first-order chi connectivity index (χ1) is 4.16. The number of hydrogen-bond donors (Lipinski definition) is 1. The molecule has 1 atom stereocenters. The summed E-state index contributed by atoms with van der Waals surface area (Å²) in [6, 6.07) is 0. The molecule has 0 aromatic heterocycles. The van der Waals surface area contributed by atoms with Crippen molar-refractivity contribution in [2.45, 2.75) is 32.5 Å². The van der Waals surface area contributed by atoms with Gasteiger partial charge in [-0.2, -0.15) is 12.6 Å². The average Bonchev–Trinajstić information content (AvgIpc) is 1.63. The Morgan fingerprint density at radius 2 is 2.11 bits per heavy atom. The fourth-order valence-corrected chi connectivity index (χ4v) is 2.14. The second kappa shape index (κ2) is 5.32. The van der Waals surface area contributed by atoms with Gasteiger partial charge >= 0.3 is 0 Å². The van der Waals surface area contributed by atoms with E-state index in [-0.39, 0.29) is 0 Å². The summed E-state index contributed by atoms with van der Waals surface area (Å²) >= 11 is 4.12. The Morgan fingerprint density at radius 3 is 2.44 bits per heavy atom. The Labute approximate surface area is 64.9 Å². The van der Waals surface area contributed by atoms with Crippen molar-refractivity contribution in [3.05, 3.63) is 0 Å². The molecule has 0 radical (unpaired) electrons. The quantitative estimate of drug-likeness (QED) is 0.491. The van der Waals surface area contributed by atoms with Gasteiger partial charge in [0.05, 0.1) is 0 Å². The molecule has 0 aliphatic heterocycles. The van der Waals surface area contributed by atoms with Gasteiger partial charge in [0, 0.05) is 6.10 Å². The zero-order valence-electron chi connectivity index (χ0n) is 6.42. The normalized spacial score (nSPS) is 14.3.